The highest BCUT2D eigenvalue weighted by Gasteiger charge is 2.21. The second kappa shape index (κ2) is 8.62. The summed E-state index contributed by atoms with van der Waals surface area (Å²) in [5, 5.41) is 3.37. The van der Waals surface area contributed by atoms with Crippen molar-refractivity contribution in [2.24, 2.45) is 0 Å². The third kappa shape index (κ3) is 5.02. The van der Waals surface area contributed by atoms with Crippen LogP contribution >= 0.6 is 0 Å². The van der Waals surface area contributed by atoms with Gasteiger partial charge >= 0.3 is 0 Å². The van der Waals surface area contributed by atoms with Gasteiger partial charge in [-0.15, -0.1) is 0 Å². The van der Waals surface area contributed by atoms with Gasteiger partial charge in [-0.05, 0) is 43.7 Å². The number of anilines is 2. The Hall–Kier alpha value is -2.26. The van der Waals surface area contributed by atoms with Crippen LogP contribution in [-0.2, 0) is 10.0 Å². The van der Waals surface area contributed by atoms with Crippen molar-refractivity contribution in [1.82, 2.24) is 10.3 Å². The summed E-state index contributed by atoms with van der Waals surface area (Å²) in [6.07, 6.45) is -2.50. The largest absolute Gasteiger partial charge is 0.354 e. The van der Waals surface area contributed by atoms with Crippen LogP contribution in [0.2, 0.25) is 0 Å². The second-order valence-electron chi connectivity index (χ2n) is 7.40. The topological polar surface area (TPSA) is 74.3 Å². The molecular weight excluding hydrogens is 398 g/mol. The van der Waals surface area contributed by atoms with Gasteiger partial charge in [-0.1, -0.05) is 19.1 Å². The summed E-state index contributed by atoms with van der Waals surface area (Å²) in [6, 6.07) is 9.40. The quantitative estimate of drug-likeness (QED) is 0.744. The molecule has 0 aliphatic carbocycles. The van der Waals surface area contributed by atoms with E-state index in [1.54, 1.807) is 19.1 Å². The third-order valence-electron chi connectivity index (χ3n) is 5.10. The molecule has 2 heterocycles. The molecule has 2 unspecified atom stereocenters. The Balaban J connectivity index is 1.76. The first kappa shape index (κ1) is 21.4. The van der Waals surface area contributed by atoms with Crippen molar-refractivity contribution >= 4 is 21.5 Å². The van der Waals surface area contributed by atoms with Crippen LogP contribution in [0.15, 0.2) is 41.3 Å². The molecule has 2 atom stereocenters. The Morgan fingerprint density at radius 2 is 1.90 bits per heavy atom. The molecule has 158 valence electrons. The number of halogens is 2. The number of hydrogen-bond acceptors (Lipinski definition) is 5. The lowest BCUT2D eigenvalue weighted by Gasteiger charge is -2.33. The zero-order valence-corrected chi connectivity index (χ0v) is 17.5. The van der Waals surface area contributed by atoms with Crippen LogP contribution in [0.5, 0.6) is 0 Å². The Labute approximate surface area is 170 Å². The van der Waals surface area contributed by atoms with Crippen LogP contribution in [0.3, 0.4) is 0 Å². The molecular formula is C20H26F2N4O2S. The first-order valence-electron chi connectivity index (χ1n) is 9.54. The summed E-state index contributed by atoms with van der Waals surface area (Å²) >= 11 is 0. The van der Waals surface area contributed by atoms with E-state index in [0.29, 0.717) is 23.0 Å². The van der Waals surface area contributed by atoms with Gasteiger partial charge in [0.1, 0.15) is 5.82 Å². The van der Waals surface area contributed by atoms with Crippen LogP contribution in [0.4, 0.5) is 20.3 Å². The fraction of sp³-hybridized carbons (Fsp3) is 0.450. The van der Waals surface area contributed by atoms with Crippen molar-refractivity contribution < 1.29 is 17.2 Å². The maximum atomic E-state index is 12.8. The molecule has 1 saturated heterocycles. The highest BCUT2D eigenvalue weighted by Crippen LogP contribution is 2.26. The molecule has 1 aromatic carbocycles. The minimum Gasteiger partial charge on any atom is -0.354 e. The van der Waals surface area contributed by atoms with Crippen LogP contribution in [0.1, 0.15) is 31.0 Å². The van der Waals surface area contributed by atoms with Gasteiger partial charge < -0.3 is 10.2 Å². The summed E-state index contributed by atoms with van der Waals surface area (Å²) in [4.78, 5) is 6.73. The van der Waals surface area contributed by atoms with Gasteiger partial charge in [0.05, 0.1) is 16.3 Å². The van der Waals surface area contributed by atoms with Crippen molar-refractivity contribution in [2.45, 2.75) is 44.1 Å². The summed E-state index contributed by atoms with van der Waals surface area (Å²) < 4.78 is 53.6. The van der Waals surface area contributed by atoms with Crippen molar-refractivity contribution in [3.8, 4) is 0 Å². The molecule has 3 rings (SSSR count). The molecule has 0 amide bonds. The fourth-order valence-corrected chi connectivity index (χ4v) is 4.39. The highest BCUT2D eigenvalue weighted by molar-refractivity contribution is 7.92. The van der Waals surface area contributed by atoms with Crippen molar-refractivity contribution in [2.75, 3.05) is 29.3 Å². The monoisotopic (exact) mass is 424 g/mol. The number of nitrogens with one attached hydrogen (secondary N) is 2. The second-order valence-corrected chi connectivity index (χ2v) is 9.08. The van der Waals surface area contributed by atoms with Gasteiger partial charge in [-0.3, -0.25) is 4.72 Å². The lowest BCUT2D eigenvalue weighted by atomic mass is 10.0. The predicted octanol–water partition coefficient (Wildman–Crippen LogP) is 3.36. The first-order chi connectivity index (χ1) is 13.7. The number of nitrogens with zero attached hydrogens (tertiary/aromatic N) is 2. The molecule has 1 aromatic heterocycles. The fourth-order valence-electron chi connectivity index (χ4n) is 3.27. The maximum Gasteiger partial charge on any atom is 0.261 e. The van der Waals surface area contributed by atoms with Crippen LogP contribution in [0.25, 0.3) is 0 Å². The average Bonchev–Trinajstić information content (AvgIpc) is 2.69. The van der Waals surface area contributed by atoms with Gasteiger partial charge in [0.2, 0.25) is 6.43 Å². The summed E-state index contributed by atoms with van der Waals surface area (Å²) in [5.74, 6) is -0.143. The molecule has 0 spiro atoms. The Bertz CT molecular complexity index is 951. The van der Waals surface area contributed by atoms with Gasteiger partial charge in [0, 0.05) is 31.6 Å². The molecule has 1 aliphatic rings. The zero-order chi connectivity index (χ0) is 21.2. The lowest BCUT2D eigenvalue weighted by molar-refractivity contribution is 0.121. The highest BCUT2D eigenvalue weighted by atomic mass is 32.2. The van der Waals surface area contributed by atoms with E-state index in [1.165, 1.54) is 31.2 Å². The van der Waals surface area contributed by atoms with Gasteiger partial charge in [0.15, 0.2) is 0 Å². The van der Waals surface area contributed by atoms with Crippen molar-refractivity contribution in [3.63, 3.8) is 0 Å². The number of pyridine rings is 1. The van der Waals surface area contributed by atoms with E-state index in [2.05, 4.69) is 26.8 Å². The summed E-state index contributed by atoms with van der Waals surface area (Å²) in [7, 11) is -3.85. The number of alkyl halides is 2. The molecule has 1 fully saturated rings. The Morgan fingerprint density at radius 3 is 2.48 bits per heavy atom. The van der Waals surface area contributed by atoms with Crippen LogP contribution < -0.4 is 14.9 Å². The number of aromatic nitrogens is 1. The molecule has 6 nitrogen and oxygen atoms in total. The average molecular weight is 425 g/mol. The van der Waals surface area contributed by atoms with Gasteiger partial charge in [-0.2, -0.15) is 0 Å². The van der Waals surface area contributed by atoms with Gasteiger partial charge in [-0.25, -0.2) is 22.2 Å². The molecule has 2 N–H and O–H groups in total. The normalized spacial score (nSPS) is 18.7. The molecule has 9 heteroatoms. The number of benzene rings is 1. The summed E-state index contributed by atoms with van der Waals surface area (Å²) in [6.45, 7) is 7.81. The van der Waals surface area contributed by atoms with E-state index in [-0.39, 0.29) is 4.90 Å². The van der Waals surface area contributed by atoms with Crippen molar-refractivity contribution in [3.05, 3.63) is 47.7 Å². The van der Waals surface area contributed by atoms with Crippen molar-refractivity contribution in [1.29, 1.82) is 0 Å². The molecule has 2 aromatic rings. The van der Waals surface area contributed by atoms with Gasteiger partial charge in [0.25, 0.3) is 10.0 Å². The number of rotatable bonds is 6. The molecule has 29 heavy (non-hydrogen) atoms. The standard InChI is InChI=1S/C20H26F2N4O2S/c1-13-12-26(11-10-23-13)19-9-8-18(15(3)24-19)25-29(27,28)17-6-4-16(5-7-17)14(2)20(21)22/h4-9,13-14,20,23,25H,10-12H2,1-3H3. The van der Waals surface area contributed by atoms with E-state index in [4.69, 9.17) is 0 Å². The van der Waals surface area contributed by atoms with Crippen LogP contribution in [0, 0.1) is 6.92 Å². The zero-order valence-electron chi connectivity index (χ0n) is 16.7. The molecule has 1 aliphatic heterocycles. The van der Waals surface area contributed by atoms with E-state index in [0.717, 1.165) is 25.5 Å². The Morgan fingerprint density at radius 1 is 1.21 bits per heavy atom. The Kier molecular flexibility index (Phi) is 6.38. The molecule has 0 bridgehead atoms. The number of aryl methyl sites for hydroxylation is 1. The molecule has 0 radical (unpaired) electrons. The van der Waals surface area contributed by atoms with E-state index < -0.39 is 22.4 Å². The third-order valence-corrected chi connectivity index (χ3v) is 6.48. The number of sulfonamides is 1. The SMILES string of the molecule is Cc1nc(N2CCNC(C)C2)ccc1NS(=O)(=O)c1ccc(C(C)C(F)F)cc1. The summed E-state index contributed by atoms with van der Waals surface area (Å²) in [5.41, 5.74) is 1.36. The number of hydrogen-bond donors (Lipinski definition) is 2. The van der Waals surface area contributed by atoms with E-state index in [9.17, 15) is 17.2 Å². The van der Waals surface area contributed by atoms with E-state index in [1.807, 2.05) is 0 Å². The minimum atomic E-state index is -3.85. The maximum absolute atomic E-state index is 12.8. The smallest absolute Gasteiger partial charge is 0.261 e. The first-order valence-corrected chi connectivity index (χ1v) is 11.0. The minimum absolute atomic E-state index is 0.0159. The lowest BCUT2D eigenvalue weighted by Crippen LogP contribution is -2.49. The molecule has 0 saturated carbocycles. The van der Waals surface area contributed by atoms with Crippen LogP contribution in [-0.4, -0.2) is 45.5 Å². The number of piperazine rings is 1. The predicted molar refractivity (Wildman–Crippen MR) is 110 cm³/mol. The van der Waals surface area contributed by atoms with E-state index >= 15 is 0 Å².